The van der Waals surface area contributed by atoms with Gasteiger partial charge in [0.15, 0.2) is 0 Å². The van der Waals surface area contributed by atoms with Crippen LogP contribution in [0.5, 0.6) is 0 Å². The summed E-state index contributed by atoms with van der Waals surface area (Å²) in [6.07, 6.45) is 2.05. The van der Waals surface area contributed by atoms with Gasteiger partial charge in [0, 0.05) is 12.1 Å². The van der Waals surface area contributed by atoms with Crippen molar-refractivity contribution in [2.45, 2.75) is 38.8 Å². The van der Waals surface area contributed by atoms with Crippen LogP contribution in [0.4, 0.5) is 0 Å². The molecule has 0 saturated heterocycles. The van der Waals surface area contributed by atoms with Gasteiger partial charge < -0.3 is 10.4 Å². The maximum Gasteiger partial charge on any atom is 0.0584 e. The molecule has 20 heavy (non-hydrogen) atoms. The zero-order valence-electron chi connectivity index (χ0n) is 12.3. The average Bonchev–Trinajstić information content (AvgIpc) is 2.78. The third-order valence-corrected chi connectivity index (χ3v) is 4.24. The first-order chi connectivity index (χ1) is 9.69. The van der Waals surface area contributed by atoms with Crippen molar-refractivity contribution in [3.8, 4) is 0 Å². The molecule has 0 spiro atoms. The fraction of sp³-hybridized carbons (Fsp3) is 0.444. The molecule has 0 unspecified atom stereocenters. The predicted octanol–water partition coefficient (Wildman–Crippen LogP) is 3.43. The highest BCUT2D eigenvalue weighted by Gasteiger charge is 2.26. The molecule has 0 aliphatic heterocycles. The van der Waals surface area contributed by atoms with E-state index in [2.05, 4.69) is 55.6 Å². The number of hydrogen-bond acceptors (Lipinski definition) is 2. The number of benzene rings is 2. The maximum absolute atomic E-state index is 9.58. The standard InChI is InChI=1S/C18H23NO/c1-12(2)9-15(11-20)19-17-10-14-7-3-5-13-6-4-8-16(17)18(13)14/h3-8,12,15,17,19-20H,9-11H2,1-2H3/t15-,17+/m0/s1. The molecule has 2 nitrogen and oxygen atoms in total. The highest BCUT2D eigenvalue weighted by atomic mass is 16.3. The Morgan fingerprint density at radius 1 is 1.20 bits per heavy atom. The fourth-order valence-electron chi connectivity index (χ4n) is 3.44. The van der Waals surface area contributed by atoms with Gasteiger partial charge in [-0.2, -0.15) is 0 Å². The number of aliphatic hydroxyl groups excluding tert-OH is 1. The van der Waals surface area contributed by atoms with Crippen LogP contribution in [-0.2, 0) is 6.42 Å². The van der Waals surface area contributed by atoms with Gasteiger partial charge >= 0.3 is 0 Å². The van der Waals surface area contributed by atoms with Gasteiger partial charge in [-0.3, -0.25) is 0 Å². The van der Waals surface area contributed by atoms with E-state index >= 15 is 0 Å². The fourth-order valence-corrected chi connectivity index (χ4v) is 3.44. The van der Waals surface area contributed by atoms with Crippen LogP contribution in [0, 0.1) is 5.92 Å². The monoisotopic (exact) mass is 269 g/mol. The first kappa shape index (κ1) is 13.6. The van der Waals surface area contributed by atoms with Crippen molar-refractivity contribution >= 4 is 10.8 Å². The second kappa shape index (κ2) is 5.55. The summed E-state index contributed by atoms with van der Waals surface area (Å²) in [5.74, 6) is 0.597. The second-order valence-corrected chi connectivity index (χ2v) is 6.29. The minimum absolute atomic E-state index is 0.185. The van der Waals surface area contributed by atoms with E-state index in [4.69, 9.17) is 0 Å². The summed E-state index contributed by atoms with van der Waals surface area (Å²) in [6.45, 7) is 4.61. The summed E-state index contributed by atoms with van der Waals surface area (Å²) in [5.41, 5.74) is 2.82. The van der Waals surface area contributed by atoms with Crippen molar-refractivity contribution in [2.75, 3.05) is 6.61 Å². The van der Waals surface area contributed by atoms with E-state index in [0.29, 0.717) is 12.0 Å². The largest absolute Gasteiger partial charge is 0.395 e. The molecular weight excluding hydrogens is 246 g/mol. The van der Waals surface area contributed by atoms with Crippen molar-refractivity contribution < 1.29 is 5.11 Å². The minimum atomic E-state index is 0.185. The van der Waals surface area contributed by atoms with E-state index in [1.165, 1.54) is 21.9 Å². The molecule has 0 fully saturated rings. The Morgan fingerprint density at radius 2 is 1.95 bits per heavy atom. The summed E-state index contributed by atoms with van der Waals surface area (Å²) >= 11 is 0. The van der Waals surface area contributed by atoms with E-state index in [1.54, 1.807) is 0 Å². The number of hydrogen-bond donors (Lipinski definition) is 2. The van der Waals surface area contributed by atoms with Gasteiger partial charge in [0.25, 0.3) is 0 Å². The van der Waals surface area contributed by atoms with Crippen LogP contribution < -0.4 is 5.32 Å². The zero-order chi connectivity index (χ0) is 14.1. The average molecular weight is 269 g/mol. The topological polar surface area (TPSA) is 32.3 Å². The Bertz CT molecular complexity index is 600. The van der Waals surface area contributed by atoms with Gasteiger partial charge in [-0.15, -0.1) is 0 Å². The molecule has 0 radical (unpaired) electrons. The van der Waals surface area contributed by atoms with Gasteiger partial charge in [-0.25, -0.2) is 0 Å². The van der Waals surface area contributed by atoms with E-state index in [-0.39, 0.29) is 12.6 Å². The van der Waals surface area contributed by atoms with Crippen LogP contribution in [0.25, 0.3) is 10.8 Å². The minimum Gasteiger partial charge on any atom is -0.395 e. The maximum atomic E-state index is 9.58. The normalized spacial score (nSPS) is 18.9. The van der Waals surface area contributed by atoms with Crippen LogP contribution in [0.3, 0.4) is 0 Å². The molecule has 0 aromatic heterocycles. The van der Waals surface area contributed by atoms with Crippen molar-refractivity contribution in [3.05, 3.63) is 47.5 Å². The molecule has 2 N–H and O–H groups in total. The Labute approximate surface area is 120 Å². The molecule has 0 heterocycles. The second-order valence-electron chi connectivity index (χ2n) is 6.29. The predicted molar refractivity (Wildman–Crippen MR) is 83.9 cm³/mol. The molecule has 3 rings (SSSR count). The Kier molecular flexibility index (Phi) is 3.77. The first-order valence-corrected chi connectivity index (χ1v) is 7.56. The zero-order valence-corrected chi connectivity index (χ0v) is 12.3. The van der Waals surface area contributed by atoms with Crippen LogP contribution in [0.15, 0.2) is 36.4 Å². The smallest absolute Gasteiger partial charge is 0.0584 e. The Morgan fingerprint density at radius 3 is 2.65 bits per heavy atom. The number of rotatable bonds is 5. The molecule has 0 bridgehead atoms. The van der Waals surface area contributed by atoms with E-state index in [0.717, 1.165) is 12.8 Å². The van der Waals surface area contributed by atoms with E-state index in [1.807, 2.05) is 0 Å². The lowest BCUT2D eigenvalue weighted by atomic mass is 10.0. The summed E-state index contributed by atoms with van der Waals surface area (Å²) in [6, 6.07) is 13.6. The molecule has 2 aromatic carbocycles. The number of aliphatic hydroxyl groups is 1. The van der Waals surface area contributed by atoms with Crippen LogP contribution in [0.1, 0.15) is 37.4 Å². The van der Waals surface area contributed by atoms with Gasteiger partial charge in [-0.1, -0.05) is 50.2 Å². The molecule has 0 amide bonds. The molecule has 1 aliphatic rings. The Balaban J connectivity index is 1.87. The molecular formula is C18H23NO. The van der Waals surface area contributed by atoms with Crippen molar-refractivity contribution in [1.82, 2.24) is 5.32 Å². The lowest BCUT2D eigenvalue weighted by Crippen LogP contribution is -2.36. The first-order valence-electron chi connectivity index (χ1n) is 7.56. The third kappa shape index (κ3) is 2.46. The quantitative estimate of drug-likeness (QED) is 0.871. The molecule has 106 valence electrons. The molecule has 2 heteroatoms. The molecule has 2 aromatic rings. The molecule has 2 atom stereocenters. The lowest BCUT2D eigenvalue weighted by Gasteiger charge is -2.23. The van der Waals surface area contributed by atoms with Crippen molar-refractivity contribution in [1.29, 1.82) is 0 Å². The third-order valence-electron chi connectivity index (χ3n) is 4.24. The summed E-state index contributed by atoms with van der Waals surface area (Å²) in [4.78, 5) is 0. The summed E-state index contributed by atoms with van der Waals surface area (Å²) < 4.78 is 0. The van der Waals surface area contributed by atoms with Crippen LogP contribution in [0.2, 0.25) is 0 Å². The van der Waals surface area contributed by atoms with Gasteiger partial charge in [-0.05, 0) is 40.7 Å². The highest BCUT2D eigenvalue weighted by Crippen LogP contribution is 2.37. The Hall–Kier alpha value is -1.38. The van der Waals surface area contributed by atoms with Crippen LogP contribution >= 0.6 is 0 Å². The van der Waals surface area contributed by atoms with Gasteiger partial charge in [0.05, 0.1) is 6.61 Å². The summed E-state index contributed by atoms with van der Waals surface area (Å²) in [7, 11) is 0. The SMILES string of the molecule is CC(C)C[C@@H](CO)N[C@@H]1Cc2cccc3cccc1c23. The van der Waals surface area contributed by atoms with Gasteiger partial charge in [0.2, 0.25) is 0 Å². The highest BCUT2D eigenvalue weighted by molar-refractivity contribution is 5.91. The van der Waals surface area contributed by atoms with E-state index in [9.17, 15) is 5.11 Å². The van der Waals surface area contributed by atoms with Crippen LogP contribution in [-0.4, -0.2) is 17.8 Å². The lowest BCUT2D eigenvalue weighted by molar-refractivity contribution is 0.213. The molecule has 0 saturated carbocycles. The van der Waals surface area contributed by atoms with Gasteiger partial charge in [0.1, 0.15) is 0 Å². The number of nitrogens with one attached hydrogen (secondary N) is 1. The summed E-state index contributed by atoms with van der Waals surface area (Å²) in [5, 5.41) is 16.0. The molecule has 1 aliphatic carbocycles. The van der Waals surface area contributed by atoms with Crippen molar-refractivity contribution in [2.24, 2.45) is 5.92 Å². The van der Waals surface area contributed by atoms with E-state index < -0.39 is 0 Å². The van der Waals surface area contributed by atoms with Crippen molar-refractivity contribution in [3.63, 3.8) is 0 Å².